The number of carboxylic acid groups (broad SMARTS) is 1. The average Bonchev–Trinajstić information content (AvgIpc) is 2.46. The Kier molecular flexibility index (Phi) is 5.23. The fourth-order valence-electron chi connectivity index (χ4n) is 1.88. The van der Waals surface area contributed by atoms with Crippen LogP contribution in [0.2, 0.25) is 0 Å². The van der Waals surface area contributed by atoms with E-state index in [2.05, 4.69) is 0 Å². The fraction of sp³-hybridized carbons (Fsp3) is 0.118. The first-order valence-electron chi connectivity index (χ1n) is 6.45. The molecule has 0 spiro atoms. The lowest BCUT2D eigenvalue weighted by Gasteiger charge is -2.06. The molecule has 0 atom stereocenters. The monoisotopic (exact) mass is 286 g/mol. The number of carboxylic acids is 1. The predicted octanol–water partition coefficient (Wildman–Crippen LogP) is 3.64. The van der Waals surface area contributed by atoms with E-state index in [1.807, 2.05) is 30.3 Å². The van der Waals surface area contributed by atoms with Gasteiger partial charge >= 0.3 is 5.97 Å². The van der Waals surface area contributed by atoms with Crippen LogP contribution in [0.5, 0.6) is 0 Å². The van der Waals surface area contributed by atoms with Crippen LogP contribution in [0.15, 0.2) is 54.6 Å². The van der Waals surface area contributed by atoms with Gasteiger partial charge in [0.15, 0.2) is 0 Å². The lowest BCUT2D eigenvalue weighted by atomic mass is 10.1. The quantitative estimate of drug-likeness (QED) is 0.825. The second kappa shape index (κ2) is 7.36. The van der Waals surface area contributed by atoms with Crippen LogP contribution >= 0.6 is 0 Å². The maximum absolute atomic E-state index is 13.5. The van der Waals surface area contributed by atoms with Crippen molar-refractivity contribution in [3.63, 3.8) is 0 Å². The first-order chi connectivity index (χ1) is 10.1. The van der Waals surface area contributed by atoms with Crippen molar-refractivity contribution in [2.75, 3.05) is 0 Å². The maximum atomic E-state index is 13.5. The van der Waals surface area contributed by atoms with Crippen LogP contribution in [-0.2, 0) is 22.7 Å². The summed E-state index contributed by atoms with van der Waals surface area (Å²) in [5, 5.41) is 8.58. The molecule has 0 aliphatic carbocycles. The average molecular weight is 286 g/mol. The van der Waals surface area contributed by atoms with Crippen LogP contribution in [0.1, 0.15) is 16.7 Å². The number of hydrogen-bond acceptors (Lipinski definition) is 2. The van der Waals surface area contributed by atoms with Gasteiger partial charge in [0.2, 0.25) is 0 Å². The standard InChI is InChI=1S/C17H15FO3/c18-16-9-14(6-7-17(19)20)8-15(10-16)12-21-11-13-4-2-1-3-5-13/h1-10H,11-12H2,(H,19,20). The molecule has 3 nitrogen and oxygen atoms in total. The van der Waals surface area contributed by atoms with Gasteiger partial charge in [-0.3, -0.25) is 0 Å². The lowest BCUT2D eigenvalue weighted by Crippen LogP contribution is -1.95. The molecule has 0 heterocycles. The number of hydrogen-bond donors (Lipinski definition) is 1. The number of carbonyl (C=O) groups is 1. The van der Waals surface area contributed by atoms with Gasteiger partial charge in [0.05, 0.1) is 13.2 Å². The summed E-state index contributed by atoms with van der Waals surface area (Å²) in [6, 6.07) is 14.0. The van der Waals surface area contributed by atoms with Crippen LogP contribution in [0.25, 0.3) is 6.08 Å². The summed E-state index contributed by atoms with van der Waals surface area (Å²) in [4.78, 5) is 10.5. The topological polar surface area (TPSA) is 46.5 Å². The van der Waals surface area contributed by atoms with Gasteiger partial charge in [0.25, 0.3) is 0 Å². The minimum Gasteiger partial charge on any atom is -0.478 e. The van der Waals surface area contributed by atoms with Crippen LogP contribution in [0.4, 0.5) is 4.39 Å². The first-order valence-corrected chi connectivity index (χ1v) is 6.45. The summed E-state index contributed by atoms with van der Waals surface area (Å²) in [6.07, 6.45) is 2.33. The molecule has 0 saturated heterocycles. The summed E-state index contributed by atoms with van der Waals surface area (Å²) in [7, 11) is 0. The Labute approximate surface area is 122 Å². The van der Waals surface area contributed by atoms with Crippen molar-refractivity contribution < 1.29 is 19.0 Å². The fourth-order valence-corrected chi connectivity index (χ4v) is 1.88. The third-order valence-corrected chi connectivity index (χ3v) is 2.78. The third kappa shape index (κ3) is 5.20. The molecular weight excluding hydrogens is 271 g/mol. The highest BCUT2D eigenvalue weighted by atomic mass is 19.1. The predicted molar refractivity (Wildman–Crippen MR) is 78.0 cm³/mol. The zero-order valence-corrected chi connectivity index (χ0v) is 11.3. The van der Waals surface area contributed by atoms with E-state index in [-0.39, 0.29) is 6.61 Å². The molecule has 1 N–H and O–H groups in total. The zero-order chi connectivity index (χ0) is 15.1. The molecule has 0 saturated carbocycles. The number of halogens is 1. The zero-order valence-electron chi connectivity index (χ0n) is 11.3. The van der Waals surface area contributed by atoms with Crippen molar-refractivity contribution in [2.24, 2.45) is 0 Å². The van der Waals surface area contributed by atoms with Gasteiger partial charge in [0.1, 0.15) is 5.82 Å². The van der Waals surface area contributed by atoms with E-state index >= 15 is 0 Å². The van der Waals surface area contributed by atoms with E-state index in [1.165, 1.54) is 18.2 Å². The molecular formula is C17H15FO3. The summed E-state index contributed by atoms with van der Waals surface area (Å²) < 4.78 is 19.0. The second-order valence-electron chi connectivity index (χ2n) is 4.54. The molecule has 0 amide bonds. The van der Waals surface area contributed by atoms with Crippen molar-refractivity contribution in [2.45, 2.75) is 13.2 Å². The van der Waals surface area contributed by atoms with Gasteiger partial charge in [-0.15, -0.1) is 0 Å². The van der Waals surface area contributed by atoms with Crippen LogP contribution in [0, 0.1) is 5.82 Å². The molecule has 21 heavy (non-hydrogen) atoms. The Morgan fingerprint density at radius 2 is 1.81 bits per heavy atom. The van der Waals surface area contributed by atoms with E-state index in [9.17, 15) is 9.18 Å². The van der Waals surface area contributed by atoms with E-state index < -0.39 is 11.8 Å². The second-order valence-corrected chi connectivity index (χ2v) is 4.54. The molecule has 4 heteroatoms. The maximum Gasteiger partial charge on any atom is 0.328 e. The summed E-state index contributed by atoms with van der Waals surface area (Å²) in [6.45, 7) is 0.707. The SMILES string of the molecule is O=C(O)C=Cc1cc(F)cc(COCc2ccccc2)c1. The van der Waals surface area contributed by atoms with E-state index in [1.54, 1.807) is 6.07 Å². The van der Waals surface area contributed by atoms with Crippen LogP contribution in [0.3, 0.4) is 0 Å². The molecule has 0 fully saturated rings. The Balaban J connectivity index is 1.98. The highest BCUT2D eigenvalue weighted by molar-refractivity contribution is 5.85. The normalized spacial score (nSPS) is 10.9. The molecule has 0 aliphatic rings. The Bertz CT molecular complexity index is 636. The van der Waals surface area contributed by atoms with Crippen molar-refractivity contribution in [1.29, 1.82) is 0 Å². The van der Waals surface area contributed by atoms with Gasteiger partial charge in [-0.25, -0.2) is 9.18 Å². The Hall–Kier alpha value is -2.46. The minimum atomic E-state index is -1.07. The number of ether oxygens (including phenoxy) is 1. The van der Waals surface area contributed by atoms with E-state index in [0.29, 0.717) is 17.7 Å². The third-order valence-electron chi connectivity index (χ3n) is 2.78. The Morgan fingerprint density at radius 1 is 1.10 bits per heavy atom. The minimum absolute atomic E-state index is 0.264. The molecule has 2 aromatic carbocycles. The molecule has 2 rings (SSSR count). The molecule has 0 radical (unpaired) electrons. The summed E-state index contributed by atoms with van der Waals surface area (Å²) in [5.41, 5.74) is 2.20. The highest BCUT2D eigenvalue weighted by Gasteiger charge is 2.01. The van der Waals surface area contributed by atoms with Gasteiger partial charge in [-0.1, -0.05) is 30.3 Å². The van der Waals surface area contributed by atoms with Crippen molar-refractivity contribution >= 4 is 12.0 Å². The molecule has 0 bridgehead atoms. The highest BCUT2D eigenvalue weighted by Crippen LogP contribution is 2.13. The largest absolute Gasteiger partial charge is 0.478 e. The van der Waals surface area contributed by atoms with Crippen molar-refractivity contribution in [1.82, 2.24) is 0 Å². The molecule has 2 aromatic rings. The number of rotatable bonds is 6. The van der Waals surface area contributed by atoms with Gasteiger partial charge in [-0.05, 0) is 41.0 Å². The van der Waals surface area contributed by atoms with E-state index in [0.717, 1.165) is 11.6 Å². The summed E-state index contributed by atoms with van der Waals surface area (Å²) >= 11 is 0. The smallest absolute Gasteiger partial charge is 0.328 e. The van der Waals surface area contributed by atoms with Crippen LogP contribution < -0.4 is 0 Å². The summed E-state index contributed by atoms with van der Waals surface area (Å²) in [5.74, 6) is -1.48. The van der Waals surface area contributed by atoms with Gasteiger partial charge in [-0.2, -0.15) is 0 Å². The number of benzene rings is 2. The van der Waals surface area contributed by atoms with Crippen molar-refractivity contribution in [3.05, 3.63) is 77.1 Å². The molecule has 0 aliphatic heterocycles. The van der Waals surface area contributed by atoms with Gasteiger partial charge in [0, 0.05) is 6.08 Å². The Morgan fingerprint density at radius 3 is 2.52 bits per heavy atom. The van der Waals surface area contributed by atoms with Crippen molar-refractivity contribution in [3.8, 4) is 0 Å². The molecule has 108 valence electrons. The lowest BCUT2D eigenvalue weighted by molar-refractivity contribution is -0.131. The van der Waals surface area contributed by atoms with Gasteiger partial charge < -0.3 is 9.84 Å². The molecule has 0 aromatic heterocycles. The van der Waals surface area contributed by atoms with Crippen LogP contribution in [-0.4, -0.2) is 11.1 Å². The first kappa shape index (κ1) is 14.9. The molecule has 0 unspecified atom stereocenters. The number of aliphatic carboxylic acids is 1. The van der Waals surface area contributed by atoms with E-state index in [4.69, 9.17) is 9.84 Å².